The topological polar surface area (TPSA) is 87.9 Å². The highest BCUT2D eigenvalue weighted by molar-refractivity contribution is 6.00. The van der Waals surface area contributed by atoms with E-state index in [1.807, 2.05) is 32.0 Å². The third kappa shape index (κ3) is 3.37. The van der Waals surface area contributed by atoms with E-state index < -0.39 is 18.0 Å². The zero-order valence-electron chi connectivity index (χ0n) is 15.4. The van der Waals surface area contributed by atoms with E-state index in [4.69, 9.17) is 19.9 Å². The van der Waals surface area contributed by atoms with Gasteiger partial charge in [0.2, 0.25) is 0 Å². The number of esters is 2. The van der Waals surface area contributed by atoms with Crippen molar-refractivity contribution in [2.24, 2.45) is 5.73 Å². The summed E-state index contributed by atoms with van der Waals surface area (Å²) in [4.78, 5) is 23.9. The second kappa shape index (κ2) is 6.61. The Kier molecular flexibility index (Phi) is 4.63. The van der Waals surface area contributed by atoms with Crippen LogP contribution >= 0.6 is 0 Å². The lowest BCUT2D eigenvalue weighted by molar-refractivity contribution is -0.136. The van der Waals surface area contributed by atoms with Crippen molar-refractivity contribution in [3.05, 3.63) is 29.8 Å². The van der Waals surface area contributed by atoms with Gasteiger partial charge in [0.25, 0.3) is 0 Å². The fraction of sp³-hybridized carbons (Fsp3) is 0.400. The largest absolute Gasteiger partial charge is 0.487 e. The minimum absolute atomic E-state index is 0.208. The third-order valence-electron chi connectivity index (χ3n) is 4.35. The summed E-state index contributed by atoms with van der Waals surface area (Å²) in [5.74, 6) is 0.00975. The van der Waals surface area contributed by atoms with Gasteiger partial charge in [-0.05, 0) is 33.6 Å². The first-order valence-electron chi connectivity index (χ1n) is 8.62. The molecule has 0 spiro atoms. The Labute approximate surface area is 152 Å². The van der Waals surface area contributed by atoms with Crippen LogP contribution in [0.25, 0.3) is 10.8 Å². The van der Waals surface area contributed by atoms with Gasteiger partial charge in [-0.15, -0.1) is 0 Å². The predicted molar refractivity (Wildman–Crippen MR) is 97.6 cm³/mol. The van der Waals surface area contributed by atoms with Gasteiger partial charge in [-0.3, -0.25) is 4.79 Å². The molecule has 0 fully saturated rings. The van der Waals surface area contributed by atoms with Gasteiger partial charge in [-0.2, -0.15) is 0 Å². The molecule has 0 aliphatic carbocycles. The van der Waals surface area contributed by atoms with Crippen LogP contribution in [0.1, 0.15) is 39.7 Å². The normalized spacial score (nSPS) is 16.3. The molecule has 0 unspecified atom stereocenters. The molecule has 1 aliphatic heterocycles. The van der Waals surface area contributed by atoms with Crippen LogP contribution in [0.5, 0.6) is 17.2 Å². The number of nitrogens with two attached hydrogens (primary N) is 1. The summed E-state index contributed by atoms with van der Waals surface area (Å²) in [6, 6.07) is 6.61. The summed E-state index contributed by atoms with van der Waals surface area (Å²) in [6.07, 6.45) is 1.38. The van der Waals surface area contributed by atoms with E-state index in [1.54, 1.807) is 13.0 Å². The fourth-order valence-corrected chi connectivity index (χ4v) is 3.05. The van der Waals surface area contributed by atoms with Crippen molar-refractivity contribution in [2.75, 3.05) is 0 Å². The van der Waals surface area contributed by atoms with Crippen LogP contribution in [-0.2, 0) is 16.0 Å². The summed E-state index contributed by atoms with van der Waals surface area (Å²) in [5.41, 5.74) is 6.03. The third-order valence-corrected chi connectivity index (χ3v) is 4.35. The maximum atomic E-state index is 12.1. The van der Waals surface area contributed by atoms with E-state index >= 15 is 0 Å². The van der Waals surface area contributed by atoms with Crippen molar-refractivity contribution in [3.8, 4) is 17.2 Å². The first-order valence-corrected chi connectivity index (χ1v) is 8.62. The van der Waals surface area contributed by atoms with Gasteiger partial charge in [0.15, 0.2) is 11.5 Å². The van der Waals surface area contributed by atoms with Crippen LogP contribution in [0.2, 0.25) is 0 Å². The molecule has 1 heterocycles. The molecule has 0 saturated heterocycles. The maximum Gasteiger partial charge on any atom is 0.328 e. The molecule has 0 aromatic heterocycles. The monoisotopic (exact) mass is 357 g/mol. The second-order valence-corrected chi connectivity index (χ2v) is 7.18. The number of hydrogen-bond donors (Lipinski definition) is 1. The number of carbonyl (C=O) groups is 2. The van der Waals surface area contributed by atoms with Crippen molar-refractivity contribution in [1.82, 2.24) is 0 Å². The highest BCUT2D eigenvalue weighted by Crippen LogP contribution is 2.50. The van der Waals surface area contributed by atoms with Gasteiger partial charge in [0.1, 0.15) is 17.4 Å². The first-order chi connectivity index (χ1) is 12.2. The molecule has 2 N–H and O–H groups in total. The molecular weight excluding hydrogens is 334 g/mol. The van der Waals surface area contributed by atoms with E-state index in [0.29, 0.717) is 17.6 Å². The van der Waals surface area contributed by atoms with E-state index in [2.05, 4.69) is 0 Å². The molecule has 0 saturated carbocycles. The smallest absolute Gasteiger partial charge is 0.328 e. The standard InChI is InChI=1S/C20H23NO5/c1-11(21)19(23)25-17-14-8-6-5-7-13(14)16-15(18(17)24-12(2)22)9-10-20(3,4)26-16/h5-8,11H,9-10,21H2,1-4H3/t11-/m0/s1. The van der Waals surface area contributed by atoms with Crippen LogP contribution in [-0.4, -0.2) is 23.6 Å². The highest BCUT2D eigenvalue weighted by Gasteiger charge is 2.34. The molecule has 2 aromatic carbocycles. The van der Waals surface area contributed by atoms with Crippen LogP contribution < -0.4 is 19.9 Å². The zero-order valence-corrected chi connectivity index (χ0v) is 15.4. The molecule has 1 aliphatic rings. The van der Waals surface area contributed by atoms with Crippen LogP contribution in [0.4, 0.5) is 0 Å². The Morgan fingerprint density at radius 3 is 2.42 bits per heavy atom. The Balaban J connectivity index is 2.30. The minimum Gasteiger partial charge on any atom is -0.487 e. The average Bonchev–Trinajstić information content (AvgIpc) is 2.56. The Morgan fingerprint density at radius 1 is 1.15 bits per heavy atom. The Hall–Kier alpha value is -2.60. The van der Waals surface area contributed by atoms with Crippen molar-refractivity contribution in [3.63, 3.8) is 0 Å². The van der Waals surface area contributed by atoms with Gasteiger partial charge in [0.05, 0.1) is 0 Å². The van der Waals surface area contributed by atoms with E-state index in [-0.39, 0.29) is 17.1 Å². The van der Waals surface area contributed by atoms with Gasteiger partial charge >= 0.3 is 11.9 Å². The fourth-order valence-electron chi connectivity index (χ4n) is 3.05. The van der Waals surface area contributed by atoms with Gasteiger partial charge < -0.3 is 19.9 Å². The van der Waals surface area contributed by atoms with Crippen molar-refractivity contribution in [2.45, 2.75) is 52.2 Å². The van der Waals surface area contributed by atoms with Crippen molar-refractivity contribution >= 4 is 22.7 Å². The number of hydrogen-bond acceptors (Lipinski definition) is 6. The molecule has 26 heavy (non-hydrogen) atoms. The summed E-state index contributed by atoms with van der Waals surface area (Å²) in [6.45, 7) is 6.88. The molecule has 6 heteroatoms. The summed E-state index contributed by atoms with van der Waals surface area (Å²) < 4.78 is 17.2. The first kappa shape index (κ1) is 18.2. The Morgan fingerprint density at radius 2 is 1.81 bits per heavy atom. The van der Waals surface area contributed by atoms with Gasteiger partial charge in [-0.25, -0.2) is 4.79 Å². The second-order valence-electron chi connectivity index (χ2n) is 7.18. The molecule has 3 rings (SSSR count). The quantitative estimate of drug-likeness (QED) is 0.671. The lowest BCUT2D eigenvalue weighted by Crippen LogP contribution is -2.33. The van der Waals surface area contributed by atoms with E-state index in [9.17, 15) is 9.59 Å². The number of rotatable bonds is 3. The number of benzene rings is 2. The van der Waals surface area contributed by atoms with Crippen molar-refractivity contribution in [1.29, 1.82) is 0 Å². The summed E-state index contributed by atoms with van der Waals surface area (Å²) >= 11 is 0. The van der Waals surface area contributed by atoms with Gasteiger partial charge in [-0.1, -0.05) is 24.3 Å². The van der Waals surface area contributed by atoms with Crippen molar-refractivity contribution < 1.29 is 23.8 Å². The number of carbonyl (C=O) groups excluding carboxylic acids is 2. The SMILES string of the molecule is CC(=O)Oc1c2c(c3ccccc3c1OC(=O)[C@H](C)N)OC(C)(C)CC2. The lowest BCUT2D eigenvalue weighted by atomic mass is 9.91. The molecular formula is C20H23NO5. The molecule has 2 aromatic rings. The van der Waals surface area contributed by atoms with Crippen LogP contribution in [0.3, 0.4) is 0 Å². The molecule has 0 radical (unpaired) electrons. The molecule has 6 nitrogen and oxygen atoms in total. The number of ether oxygens (including phenoxy) is 3. The molecule has 1 atom stereocenters. The minimum atomic E-state index is -0.801. The predicted octanol–water partition coefficient (Wildman–Crippen LogP) is 3.12. The average molecular weight is 357 g/mol. The molecule has 138 valence electrons. The summed E-state index contributed by atoms with van der Waals surface area (Å²) in [7, 11) is 0. The summed E-state index contributed by atoms with van der Waals surface area (Å²) in [5, 5.41) is 1.44. The van der Waals surface area contributed by atoms with E-state index in [1.165, 1.54) is 6.92 Å². The van der Waals surface area contributed by atoms with Gasteiger partial charge in [0, 0.05) is 23.3 Å². The Bertz CT molecular complexity index is 885. The highest BCUT2D eigenvalue weighted by atomic mass is 16.6. The van der Waals surface area contributed by atoms with E-state index in [0.717, 1.165) is 17.4 Å². The van der Waals surface area contributed by atoms with Crippen LogP contribution in [0.15, 0.2) is 24.3 Å². The molecule has 0 amide bonds. The number of fused-ring (bicyclic) bond motifs is 3. The molecule has 0 bridgehead atoms. The maximum absolute atomic E-state index is 12.1. The van der Waals surface area contributed by atoms with Crippen LogP contribution in [0, 0.1) is 0 Å². The lowest BCUT2D eigenvalue weighted by Gasteiger charge is -2.34. The zero-order chi connectivity index (χ0) is 19.1.